The summed E-state index contributed by atoms with van der Waals surface area (Å²) in [5.41, 5.74) is 4.30. The Morgan fingerprint density at radius 2 is 1.87 bits per heavy atom. The van der Waals surface area contributed by atoms with Crippen LogP contribution in [0.5, 0.6) is 0 Å². The first-order chi connectivity index (χ1) is 14.1. The van der Waals surface area contributed by atoms with Crippen molar-refractivity contribution in [2.24, 2.45) is 0 Å². The number of hydrogen-bond acceptors (Lipinski definition) is 6. The van der Waals surface area contributed by atoms with Crippen molar-refractivity contribution in [2.75, 3.05) is 17.1 Å². The standard InChI is InChI=1S/C21H24N4O4S/c1-14-6-5-7-17(10-14)21-23-20(29-24-21)12-22-19(26)13-25(30(4,27)28)18-9-8-15(2)16(3)11-18/h5-11H,12-13H2,1-4H3,(H,22,26). The molecular formula is C21H24N4O4S. The van der Waals surface area contributed by atoms with Crippen LogP contribution in [0.4, 0.5) is 5.69 Å². The van der Waals surface area contributed by atoms with Gasteiger partial charge in [0.15, 0.2) is 0 Å². The number of rotatable bonds is 7. The molecule has 0 aliphatic carbocycles. The molecule has 0 atom stereocenters. The largest absolute Gasteiger partial charge is 0.345 e. The lowest BCUT2D eigenvalue weighted by Crippen LogP contribution is -2.40. The third-order valence-corrected chi connectivity index (χ3v) is 5.79. The predicted molar refractivity (Wildman–Crippen MR) is 114 cm³/mol. The SMILES string of the molecule is Cc1cccc(-c2noc(CNC(=O)CN(c3ccc(C)c(C)c3)S(C)(=O)=O)n2)c1. The van der Waals surface area contributed by atoms with Gasteiger partial charge in [0.05, 0.1) is 18.5 Å². The zero-order valence-electron chi connectivity index (χ0n) is 17.3. The van der Waals surface area contributed by atoms with Crippen molar-refractivity contribution in [2.45, 2.75) is 27.3 Å². The number of carbonyl (C=O) groups excluding carboxylic acids is 1. The number of nitrogens with one attached hydrogen (secondary N) is 1. The summed E-state index contributed by atoms with van der Waals surface area (Å²) >= 11 is 0. The topological polar surface area (TPSA) is 105 Å². The number of amides is 1. The van der Waals surface area contributed by atoms with Gasteiger partial charge >= 0.3 is 0 Å². The number of nitrogens with zero attached hydrogens (tertiary/aromatic N) is 3. The Morgan fingerprint density at radius 3 is 2.53 bits per heavy atom. The van der Waals surface area contributed by atoms with E-state index in [9.17, 15) is 13.2 Å². The van der Waals surface area contributed by atoms with E-state index in [4.69, 9.17) is 4.52 Å². The lowest BCUT2D eigenvalue weighted by molar-refractivity contribution is -0.119. The second-order valence-electron chi connectivity index (χ2n) is 7.20. The molecule has 2 aromatic carbocycles. The van der Waals surface area contributed by atoms with Crippen LogP contribution >= 0.6 is 0 Å². The van der Waals surface area contributed by atoms with Gasteiger partial charge in [-0.25, -0.2) is 8.42 Å². The molecule has 0 aliphatic heterocycles. The minimum atomic E-state index is -3.64. The smallest absolute Gasteiger partial charge is 0.246 e. The molecule has 8 nitrogen and oxygen atoms in total. The molecule has 0 aliphatic rings. The molecule has 0 spiro atoms. The van der Waals surface area contributed by atoms with E-state index in [2.05, 4.69) is 15.5 Å². The maximum absolute atomic E-state index is 12.4. The van der Waals surface area contributed by atoms with Crippen LogP contribution in [0.3, 0.4) is 0 Å². The Balaban J connectivity index is 1.67. The van der Waals surface area contributed by atoms with E-state index in [1.54, 1.807) is 12.1 Å². The molecule has 30 heavy (non-hydrogen) atoms. The minimum absolute atomic E-state index is 0.00216. The molecule has 3 aromatic rings. The second-order valence-corrected chi connectivity index (χ2v) is 9.10. The van der Waals surface area contributed by atoms with Gasteiger partial charge in [0, 0.05) is 5.56 Å². The van der Waals surface area contributed by atoms with Gasteiger partial charge in [-0.05, 0) is 50.1 Å². The molecule has 1 N–H and O–H groups in total. The fourth-order valence-corrected chi connectivity index (χ4v) is 3.72. The summed E-state index contributed by atoms with van der Waals surface area (Å²) in [5, 5.41) is 6.56. The molecule has 9 heteroatoms. The van der Waals surface area contributed by atoms with Crippen molar-refractivity contribution >= 4 is 21.6 Å². The zero-order chi connectivity index (χ0) is 21.9. The first-order valence-electron chi connectivity index (χ1n) is 9.35. The lowest BCUT2D eigenvalue weighted by Gasteiger charge is -2.22. The molecule has 3 rings (SSSR count). The number of carbonyl (C=O) groups is 1. The van der Waals surface area contributed by atoms with Crippen LogP contribution < -0.4 is 9.62 Å². The van der Waals surface area contributed by atoms with E-state index in [0.717, 1.165) is 32.8 Å². The van der Waals surface area contributed by atoms with E-state index >= 15 is 0 Å². The van der Waals surface area contributed by atoms with E-state index in [1.165, 1.54) is 0 Å². The maximum atomic E-state index is 12.4. The van der Waals surface area contributed by atoms with E-state index < -0.39 is 15.9 Å². The van der Waals surface area contributed by atoms with Crippen LogP contribution in [0, 0.1) is 20.8 Å². The summed E-state index contributed by atoms with van der Waals surface area (Å²) in [6.07, 6.45) is 1.07. The fourth-order valence-electron chi connectivity index (χ4n) is 2.87. The van der Waals surface area contributed by atoms with E-state index in [-0.39, 0.29) is 19.0 Å². The number of aromatic nitrogens is 2. The summed E-state index contributed by atoms with van der Waals surface area (Å²) in [6, 6.07) is 12.9. The van der Waals surface area contributed by atoms with Gasteiger partial charge in [-0.1, -0.05) is 35.0 Å². The van der Waals surface area contributed by atoms with Crippen LogP contribution in [0.25, 0.3) is 11.4 Å². The molecule has 0 saturated carbocycles. The first kappa shape index (κ1) is 21.5. The average molecular weight is 429 g/mol. The second kappa shape index (κ2) is 8.66. The van der Waals surface area contributed by atoms with Gasteiger partial charge < -0.3 is 9.84 Å². The minimum Gasteiger partial charge on any atom is -0.345 e. The Hall–Kier alpha value is -3.20. The number of hydrogen-bond donors (Lipinski definition) is 1. The summed E-state index contributed by atoms with van der Waals surface area (Å²) in [6.45, 7) is 5.45. The molecular weight excluding hydrogens is 404 g/mol. The van der Waals surface area contributed by atoms with Gasteiger partial charge in [-0.15, -0.1) is 0 Å². The Kier molecular flexibility index (Phi) is 6.21. The number of benzene rings is 2. The Morgan fingerprint density at radius 1 is 1.10 bits per heavy atom. The Bertz CT molecular complexity index is 1170. The third kappa shape index (κ3) is 5.24. The van der Waals surface area contributed by atoms with Crippen LogP contribution in [-0.4, -0.2) is 37.3 Å². The van der Waals surface area contributed by atoms with Crippen molar-refractivity contribution in [1.82, 2.24) is 15.5 Å². The van der Waals surface area contributed by atoms with Crippen LogP contribution in [-0.2, 0) is 21.4 Å². The molecule has 158 valence electrons. The molecule has 0 bridgehead atoms. The maximum Gasteiger partial charge on any atom is 0.246 e. The number of aryl methyl sites for hydroxylation is 3. The van der Waals surface area contributed by atoms with Gasteiger partial charge in [0.1, 0.15) is 6.54 Å². The highest BCUT2D eigenvalue weighted by Gasteiger charge is 2.21. The first-order valence-corrected chi connectivity index (χ1v) is 11.2. The highest BCUT2D eigenvalue weighted by atomic mass is 32.2. The van der Waals surface area contributed by atoms with E-state index in [0.29, 0.717) is 11.5 Å². The fraction of sp³-hybridized carbons (Fsp3) is 0.286. The van der Waals surface area contributed by atoms with Gasteiger partial charge in [0.2, 0.25) is 27.6 Å². The van der Waals surface area contributed by atoms with Crippen LogP contribution in [0.1, 0.15) is 22.6 Å². The monoisotopic (exact) mass is 428 g/mol. The van der Waals surface area contributed by atoms with Gasteiger partial charge in [-0.2, -0.15) is 4.98 Å². The van der Waals surface area contributed by atoms with Gasteiger partial charge in [-0.3, -0.25) is 9.10 Å². The van der Waals surface area contributed by atoms with Crippen molar-refractivity contribution < 1.29 is 17.7 Å². The predicted octanol–water partition coefficient (Wildman–Crippen LogP) is 2.74. The molecule has 1 heterocycles. The number of sulfonamides is 1. The lowest BCUT2D eigenvalue weighted by atomic mass is 10.1. The molecule has 1 amide bonds. The molecule has 1 aromatic heterocycles. The quantitative estimate of drug-likeness (QED) is 0.620. The summed E-state index contributed by atoms with van der Waals surface area (Å²) in [5.74, 6) is 0.182. The summed E-state index contributed by atoms with van der Waals surface area (Å²) < 4.78 is 30.7. The summed E-state index contributed by atoms with van der Waals surface area (Å²) in [4.78, 5) is 16.7. The van der Waals surface area contributed by atoms with Crippen molar-refractivity contribution in [1.29, 1.82) is 0 Å². The molecule has 0 radical (unpaired) electrons. The highest BCUT2D eigenvalue weighted by Crippen LogP contribution is 2.21. The van der Waals surface area contributed by atoms with Crippen molar-refractivity contribution in [3.05, 3.63) is 65.0 Å². The van der Waals surface area contributed by atoms with Crippen molar-refractivity contribution in [3.8, 4) is 11.4 Å². The molecule has 0 saturated heterocycles. The summed E-state index contributed by atoms with van der Waals surface area (Å²) in [7, 11) is -3.64. The molecule has 0 unspecified atom stereocenters. The average Bonchev–Trinajstić information content (AvgIpc) is 3.15. The van der Waals surface area contributed by atoms with E-state index in [1.807, 2.05) is 51.1 Å². The normalized spacial score (nSPS) is 11.3. The van der Waals surface area contributed by atoms with Crippen molar-refractivity contribution in [3.63, 3.8) is 0 Å². The highest BCUT2D eigenvalue weighted by molar-refractivity contribution is 7.92. The molecule has 0 fully saturated rings. The third-order valence-electron chi connectivity index (χ3n) is 4.65. The Labute approximate surface area is 176 Å². The zero-order valence-corrected chi connectivity index (χ0v) is 18.2. The van der Waals surface area contributed by atoms with Crippen LogP contribution in [0.15, 0.2) is 47.0 Å². The van der Waals surface area contributed by atoms with Gasteiger partial charge in [0.25, 0.3) is 0 Å². The number of anilines is 1. The van der Waals surface area contributed by atoms with Crippen LogP contribution in [0.2, 0.25) is 0 Å².